The Balaban J connectivity index is 4.13. The second kappa shape index (κ2) is 5.64. The van der Waals surface area contributed by atoms with Crippen LogP contribution in [0.5, 0.6) is 0 Å². The van der Waals surface area contributed by atoms with Crippen molar-refractivity contribution in [2.75, 3.05) is 0 Å². The molecule has 0 heterocycles. The van der Waals surface area contributed by atoms with Gasteiger partial charge in [-0.2, -0.15) is 0 Å². The molecule has 0 saturated heterocycles. The SMILES string of the molecule is CCC(CC)CC(C)(O)C(C)CC. The molecule has 0 aliphatic carbocycles. The monoisotopic (exact) mass is 186 g/mol. The van der Waals surface area contributed by atoms with Gasteiger partial charge in [0.15, 0.2) is 0 Å². The molecule has 1 N–H and O–H groups in total. The molecule has 1 nitrogen and oxygen atoms in total. The fraction of sp³-hybridized carbons (Fsp3) is 1.00. The van der Waals surface area contributed by atoms with E-state index in [1.807, 2.05) is 6.92 Å². The predicted molar refractivity (Wildman–Crippen MR) is 58.8 cm³/mol. The van der Waals surface area contributed by atoms with Crippen molar-refractivity contribution in [2.45, 2.75) is 65.9 Å². The molecule has 0 rings (SSSR count). The molecule has 0 radical (unpaired) electrons. The smallest absolute Gasteiger partial charge is 0.0647 e. The summed E-state index contributed by atoms with van der Waals surface area (Å²) in [4.78, 5) is 0. The maximum atomic E-state index is 10.2. The Kier molecular flexibility index (Phi) is 5.62. The summed E-state index contributed by atoms with van der Waals surface area (Å²) in [6.07, 6.45) is 4.38. The third kappa shape index (κ3) is 4.12. The highest BCUT2D eigenvalue weighted by Gasteiger charge is 2.28. The molecular formula is C12H26O. The van der Waals surface area contributed by atoms with Gasteiger partial charge in [0.1, 0.15) is 0 Å². The summed E-state index contributed by atoms with van der Waals surface area (Å²) in [7, 11) is 0. The van der Waals surface area contributed by atoms with E-state index in [1.54, 1.807) is 0 Å². The van der Waals surface area contributed by atoms with Crippen LogP contribution in [0, 0.1) is 11.8 Å². The van der Waals surface area contributed by atoms with Crippen molar-refractivity contribution in [3.63, 3.8) is 0 Å². The first-order chi connectivity index (χ1) is 5.97. The van der Waals surface area contributed by atoms with Crippen LogP contribution in [0.15, 0.2) is 0 Å². The van der Waals surface area contributed by atoms with Crippen LogP contribution in [0.25, 0.3) is 0 Å². The fourth-order valence-electron chi connectivity index (χ4n) is 1.80. The van der Waals surface area contributed by atoms with Gasteiger partial charge in [0, 0.05) is 0 Å². The lowest BCUT2D eigenvalue weighted by molar-refractivity contribution is -0.0181. The minimum absolute atomic E-state index is 0.410. The van der Waals surface area contributed by atoms with Crippen molar-refractivity contribution >= 4 is 0 Å². The average molecular weight is 186 g/mol. The number of aliphatic hydroxyl groups is 1. The van der Waals surface area contributed by atoms with Crippen molar-refractivity contribution in [3.8, 4) is 0 Å². The van der Waals surface area contributed by atoms with Gasteiger partial charge in [-0.25, -0.2) is 0 Å². The Morgan fingerprint density at radius 2 is 1.54 bits per heavy atom. The lowest BCUT2D eigenvalue weighted by Gasteiger charge is -2.32. The normalized spacial score (nSPS) is 18.7. The molecule has 0 aromatic heterocycles. The summed E-state index contributed by atoms with van der Waals surface area (Å²) >= 11 is 0. The summed E-state index contributed by atoms with van der Waals surface area (Å²) in [5, 5.41) is 10.2. The molecule has 1 heteroatoms. The number of rotatable bonds is 6. The van der Waals surface area contributed by atoms with Crippen molar-refractivity contribution in [3.05, 3.63) is 0 Å². The van der Waals surface area contributed by atoms with Gasteiger partial charge in [0.25, 0.3) is 0 Å². The maximum absolute atomic E-state index is 10.2. The first-order valence-electron chi connectivity index (χ1n) is 5.70. The third-order valence-corrected chi connectivity index (χ3v) is 3.53. The highest BCUT2D eigenvalue weighted by atomic mass is 16.3. The van der Waals surface area contributed by atoms with E-state index in [0.717, 1.165) is 12.8 Å². The van der Waals surface area contributed by atoms with Gasteiger partial charge in [-0.1, -0.05) is 47.0 Å². The Labute approximate surface area is 83.5 Å². The Morgan fingerprint density at radius 3 is 1.85 bits per heavy atom. The zero-order chi connectivity index (χ0) is 10.5. The molecule has 0 saturated carbocycles. The van der Waals surface area contributed by atoms with Gasteiger partial charge in [-0.05, 0) is 25.2 Å². The highest BCUT2D eigenvalue weighted by molar-refractivity contribution is 4.80. The highest BCUT2D eigenvalue weighted by Crippen LogP contribution is 2.29. The fourth-order valence-corrected chi connectivity index (χ4v) is 1.80. The molecule has 0 amide bonds. The van der Waals surface area contributed by atoms with E-state index in [-0.39, 0.29) is 0 Å². The molecule has 0 aliphatic rings. The molecule has 2 atom stereocenters. The summed E-state index contributed by atoms with van der Waals surface area (Å²) < 4.78 is 0. The van der Waals surface area contributed by atoms with Crippen LogP contribution in [-0.2, 0) is 0 Å². The van der Waals surface area contributed by atoms with Crippen LogP contribution in [0.1, 0.15) is 60.3 Å². The van der Waals surface area contributed by atoms with E-state index >= 15 is 0 Å². The van der Waals surface area contributed by atoms with Crippen LogP contribution >= 0.6 is 0 Å². The molecule has 2 unspecified atom stereocenters. The third-order valence-electron chi connectivity index (χ3n) is 3.53. The first kappa shape index (κ1) is 13.0. The van der Waals surface area contributed by atoms with Crippen LogP contribution in [0.4, 0.5) is 0 Å². The Bertz CT molecular complexity index is 125. The average Bonchev–Trinajstić information content (AvgIpc) is 2.12. The maximum Gasteiger partial charge on any atom is 0.0647 e. The number of hydrogen-bond donors (Lipinski definition) is 1. The summed E-state index contributed by atoms with van der Waals surface area (Å²) in [5.74, 6) is 1.09. The van der Waals surface area contributed by atoms with E-state index in [2.05, 4.69) is 27.7 Å². The first-order valence-corrected chi connectivity index (χ1v) is 5.70. The van der Waals surface area contributed by atoms with E-state index in [1.165, 1.54) is 12.8 Å². The van der Waals surface area contributed by atoms with Gasteiger partial charge in [-0.3, -0.25) is 0 Å². The van der Waals surface area contributed by atoms with Crippen molar-refractivity contribution < 1.29 is 5.11 Å². The van der Waals surface area contributed by atoms with Crippen molar-refractivity contribution in [2.24, 2.45) is 11.8 Å². The predicted octanol–water partition coefficient (Wildman–Crippen LogP) is 3.61. The van der Waals surface area contributed by atoms with E-state index in [0.29, 0.717) is 11.8 Å². The van der Waals surface area contributed by atoms with E-state index in [4.69, 9.17) is 0 Å². The van der Waals surface area contributed by atoms with E-state index < -0.39 is 5.60 Å². The lowest BCUT2D eigenvalue weighted by Crippen LogP contribution is -2.34. The molecule has 0 bridgehead atoms. The molecule has 13 heavy (non-hydrogen) atoms. The Hall–Kier alpha value is -0.0400. The molecule has 0 aromatic rings. The van der Waals surface area contributed by atoms with Crippen LogP contribution < -0.4 is 0 Å². The minimum atomic E-state index is -0.467. The topological polar surface area (TPSA) is 20.2 Å². The molecule has 0 fully saturated rings. The lowest BCUT2D eigenvalue weighted by atomic mass is 9.79. The van der Waals surface area contributed by atoms with Crippen molar-refractivity contribution in [1.29, 1.82) is 0 Å². The molecular weight excluding hydrogens is 160 g/mol. The second-order valence-corrected chi connectivity index (χ2v) is 4.55. The quantitative estimate of drug-likeness (QED) is 0.672. The standard InChI is InChI=1S/C12H26O/c1-6-10(4)12(5,13)9-11(7-2)8-3/h10-11,13H,6-9H2,1-5H3. The van der Waals surface area contributed by atoms with Crippen LogP contribution in [-0.4, -0.2) is 10.7 Å². The summed E-state index contributed by atoms with van der Waals surface area (Å²) in [6.45, 7) is 10.7. The van der Waals surface area contributed by atoms with Gasteiger partial charge < -0.3 is 5.11 Å². The Morgan fingerprint density at radius 1 is 1.08 bits per heavy atom. The van der Waals surface area contributed by atoms with Gasteiger partial charge >= 0.3 is 0 Å². The zero-order valence-electron chi connectivity index (χ0n) is 9.93. The van der Waals surface area contributed by atoms with Gasteiger partial charge in [0.05, 0.1) is 5.60 Å². The summed E-state index contributed by atoms with van der Waals surface area (Å²) in [6, 6.07) is 0. The van der Waals surface area contributed by atoms with Gasteiger partial charge in [0.2, 0.25) is 0 Å². The molecule has 0 spiro atoms. The van der Waals surface area contributed by atoms with Crippen LogP contribution in [0.3, 0.4) is 0 Å². The molecule has 0 aliphatic heterocycles. The van der Waals surface area contributed by atoms with Gasteiger partial charge in [-0.15, -0.1) is 0 Å². The number of hydrogen-bond acceptors (Lipinski definition) is 1. The van der Waals surface area contributed by atoms with E-state index in [9.17, 15) is 5.11 Å². The zero-order valence-corrected chi connectivity index (χ0v) is 9.93. The second-order valence-electron chi connectivity index (χ2n) is 4.55. The van der Waals surface area contributed by atoms with Crippen molar-refractivity contribution in [1.82, 2.24) is 0 Å². The molecule has 0 aromatic carbocycles. The summed E-state index contributed by atoms with van der Waals surface area (Å²) in [5.41, 5.74) is -0.467. The van der Waals surface area contributed by atoms with Crippen LogP contribution in [0.2, 0.25) is 0 Å². The molecule has 80 valence electrons. The minimum Gasteiger partial charge on any atom is -0.390 e. The largest absolute Gasteiger partial charge is 0.390 e.